The van der Waals surface area contributed by atoms with Crippen LogP contribution in [-0.2, 0) is 13.1 Å². The van der Waals surface area contributed by atoms with Crippen molar-refractivity contribution in [3.8, 4) is 6.07 Å². The fraction of sp³-hybridized carbons (Fsp3) is 0.412. The van der Waals surface area contributed by atoms with Crippen LogP contribution in [0.3, 0.4) is 0 Å². The zero-order chi connectivity index (χ0) is 15.9. The minimum absolute atomic E-state index is 0.361. The molecule has 0 amide bonds. The van der Waals surface area contributed by atoms with Crippen molar-refractivity contribution in [2.75, 3.05) is 6.54 Å². The number of hydrogen-bond acceptors (Lipinski definition) is 3. The van der Waals surface area contributed by atoms with Crippen LogP contribution in [0.1, 0.15) is 31.9 Å². The van der Waals surface area contributed by atoms with Crippen molar-refractivity contribution in [3.05, 3.63) is 39.7 Å². The molecule has 0 bridgehead atoms. The first-order chi connectivity index (χ1) is 10.5. The van der Waals surface area contributed by atoms with Crippen LogP contribution in [0.5, 0.6) is 0 Å². The van der Waals surface area contributed by atoms with Gasteiger partial charge in [0, 0.05) is 31.2 Å². The van der Waals surface area contributed by atoms with Crippen molar-refractivity contribution in [3.63, 3.8) is 0 Å². The largest absolute Gasteiger partial charge is 0.331 e. The molecule has 0 fully saturated rings. The van der Waals surface area contributed by atoms with Gasteiger partial charge in [-0.3, -0.25) is 4.90 Å². The Bertz CT molecular complexity index is 846. The molecule has 1 aliphatic rings. The Kier molecular flexibility index (Phi) is 3.90. The normalized spacial score (nSPS) is 18.0. The second kappa shape index (κ2) is 5.71. The molecule has 5 heteroatoms. The second-order valence-electron chi connectivity index (χ2n) is 6.20. The monoisotopic (exact) mass is 312 g/mol. The molecular weight excluding hydrogens is 292 g/mol. The molecule has 0 aliphatic carbocycles. The molecule has 1 aromatic heterocycles. The molecule has 0 spiro atoms. The van der Waals surface area contributed by atoms with Crippen LogP contribution in [0.15, 0.2) is 23.8 Å². The van der Waals surface area contributed by atoms with Crippen LogP contribution >= 0.6 is 12.2 Å². The van der Waals surface area contributed by atoms with Crippen LogP contribution in [0, 0.1) is 16.1 Å². The smallest absolute Gasteiger partial charge is 0.178 e. The van der Waals surface area contributed by atoms with E-state index in [1.54, 1.807) is 0 Å². The third-order valence-corrected chi connectivity index (χ3v) is 4.65. The highest BCUT2D eigenvalue weighted by Crippen LogP contribution is 2.28. The molecule has 1 aliphatic heterocycles. The topological polar surface area (TPSA) is 47.8 Å². The zero-order valence-electron chi connectivity index (χ0n) is 13.2. The van der Waals surface area contributed by atoms with Gasteiger partial charge < -0.3 is 9.55 Å². The molecule has 3 rings (SSSR count). The molecule has 22 heavy (non-hydrogen) atoms. The van der Waals surface area contributed by atoms with Crippen molar-refractivity contribution >= 4 is 23.3 Å². The van der Waals surface area contributed by atoms with Gasteiger partial charge in [-0.1, -0.05) is 11.6 Å². The third-order valence-electron chi connectivity index (χ3n) is 4.33. The van der Waals surface area contributed by atoms with Crippen LogP contribution in [-0.4, -0.2) is 27.0 Å². The molecule has 0 saturated heterocycles. The van der Waals surface area contributed by atoms with E-state index in [0.29, 0.717) is 6.04 Å². The van der Waals surface area contributed by atoms with E-state index in [0.717, 1.165) is 46.6 Å². The Morgan fingerprint density at radius 1 is 1.50 bits per heavy atom. The van der Waals surface area contributed by atoms with Crippen molar-refractivity contribution < 1.29 is 0 Å². The minimum Gasteiger partial charge on any atom is -0.331 e. The molecule has 114 valence electrons. The lowest BCUT2D eigenvalue weighted by Gasteiger charge is -2.26. The molecule has 1 aromatic carbocycles. The summed E-state index contributed by atoms with van der Waals surface area (Å²) in [4.78, 5) is 5.67. The highest BCUT2D eigenvalue weighted by Gasteiger charge is 2.24. The number of rotatable bonds is 2. The Morgan fingerprint density at radius 3 is 2.95 bits per heavy atom. The quantitative estimate of drug-likeness (QED) is 0.679. The summed E-state index contributed by atoms with van der Waals surface area (Å²) >= 11 is 5.48. The van der Waals surface area contributed by atoms with E-state index in [4.69, 9.17) is 12.2 Å². The Hall–Kier alpha value is -1.90. The van der Waals surface area contributed by atoms with Crippen molar-refractivity contribution in [1.82, 2.24) is 14.5 Å². The maximum absolute atomic E-state index is 9.47. The lowest BCUT2D eigenvalue weighted by molar-refractivity contribution is 0.210. The third kappa shape index (κ3) is 2.49. The van der Waals surface area contributed by atoms with Gasteiger partial charge >= 0.3 is 0 Å². The summed E-state index contributed by atoms with van der Waals surface area (Å²) in [5.41, 5.74) is 5.25. The molecule has 0 unspecified atom stereocenters. The average molecular weight is 312 g/mol. The summed E-state index contributed by atoms with van der Waals surface area (Å²) in [5.74, 6) is 0. The van der Waals surface area contributed by atoms with Gasteiger partial charge in [0.2, 0.25) is 0 Å². The predicted octanol–water partition coefficient (Wildman–Crippen LogP) is 3.74. The van der Waals surface area contributed by atoms with Crippen LogP contribution in [0.25, 0.3) is 11.0 Å². The van der Waals surface area contributed by atoms with Gasteiger partial charge in [0.15, 0.2) is 4.77 Å². The number of imidazole rings is 1. The van der Waals surface area contributed by atoms with Crippen molar-refractivity contribution in [1.29, 1.82) is 5.26 Å². The summed E-state index contributed by atoms with van der Waals surface area (Å²) in [5, 5.41) is 9.47. The van der Waals surface area contributed by atoms with Gasteiger partial charge in [-0.05, 0) is 45.1 Å². The summed E-state index contributed by atoms with van der Waals surface area (Å²) < 4.78 is 2.89. The Labute approximate surface area is 135 Å². The first-order valence-corrected chi connectivity index (χ1v) is 7.94. The Balaban J connectivity index is 2.16. The van der Waals surface area contributed by atoms with Gasteiger partial charge in [-0.25, -0.2) is 0 Å². The number of aromatic amines is 1. The summed E-state index contributed by atoms with van der Waals surface area (Å²) in [6.45, 7) is 8.96. The van der Waals surface area contributed by atoms with E-state index in [2.05, 4.69) is 47.4 Å². The van der Waals surface area contributed by atoms with E-state index in [-0.39, 0.29) is 0 Å². The molecule has 0 saturated carbocycles. The van der Waals surface area contributed by atoms with Crippen molar-refractivity contribution in [2.24, 2.45) is 0 Å². The first kappa shape index (κ1) is 15.0. The lowest BCUT2D eigenvalue weighted by atomic mass is 10.1. The predicted molar refractivity (Wildman–Crippen MR) is 91.1 cm³/mol. The molecule has 2 aromatic rings. The average Bonchev–Trinajstić information content (AvgIpc) is 2.70. The molecule has 0 radical (unpaired) electrons. The van der Waals surface area contributed by atoms with Gasteiger partial charge in [0.25, 0.3) is 0 Å². The fourth-order valence-electron chi connectivity index (χ4n) is 3.05. The van der Waals surface area contributed by atoms with Crippen LogP contribution in [0.4, 0.5) is 0 Å². The number of nitrogens with zero attached hydrogens (tertiary/aromatic N) is 3. The van der Waals surface area contributed by atoms with Crippen LogP contribution in [0.2, 0.25) is 0 Å². The van der Waals surface area contributed by atoms with Crippen LogP contribution < -0.4 is 0 Å². The molecule has 1 atom stereocenters. The van der Waals surface area contributed by atoms with Gasteiger partial charge in [0.1, 0.15) is 0 Å². The molecular formula is C17H20N4S. The zero-order valence-corrected chi connectivity index (χ0v) is 14.0. The number of nitrogens with one attached hydrogen (secondary N) is 1. The molecule has 2 heterocycles. The maximum atomic E-state index is 9.47. The number of allylic oxidation sites excluding steroid dienone is 1. The van der Waals surface area contributed by atoms with E-state index >= 15 is 0 Å². The summed E-state index contributed by atoms with van der Waals surface area (Å²) in [6, 6.07) is 6.54. The highest BCUT2D eigenvalue weighted by molar-refractivity contribution is 7.71. The molecule has 4 nitrogen and oxygen atoms in total. The number of H-pyrrole nitrogens is 1. The highest BCUT2D eigenvalue weighted by atomic mass is 32.1. The number of benzene rings is 1. The number of hydrogen-bond donors (Lipinski definition) is 1. The van der Waals surface area contributed by atoms with E-state index in [1.807, 2.05) is 12.1 Å². The van der Waals surface area contributed by atoms with E-state index < -0.39 is 0 Å². The van der Waals surface area contributed by atoms with E-state index in [9.17, 15) is 5.26 Å². The SMILES string of the molecule is CC(C)=CCN1Cc2c(C#N)ccc3[nH]c(=S)n(c23)C[C@@H]1C. The number of aromatic nitrogens is 2. The standard InChI is InChI=1S/C17H20N4S/c1-11(2)6-7-20-10-14-13(8-18)4-5-15-16(14)21(9-12(20)3)17(22)19-15/h4-6,12H,7,9-10H2,1-3H3,(H,19,22)/t12-/m0/s1. The Morgan fingerprint density at radius 2 is 2.27 bits per heavy atom. The summed E-state index contributed by atoms with van der Waals surface area (Å²) in [6.07, 6.45) is 2.24. The van der Waals surface area contributed by atoms with Gasteiger partial charge in [0.05, 0.1) is 22.7 Å². The summed E-state index contributed by atoms with van der Waals surface area (Å²) in [7, 11) is 0. The number of nitriles is 1. The van der Waals surface area contributed by atoms with E-state index in [1.165, 1.54) is 5.57 Å². The second-order valence-corrected chi connectivity index (χ2v) is 6.59. The van der Waals surface area contributed by atoms with Gasteiger partial charge in [-0.2, -0.15) is 5.26 Å². The van der Waals surface area contributed by atoms with Gasteiger partial charge in [-0.15, -0.1) is 0 Å². The molecule has 1 N–H and O–H groups in total. The minimum atomic E-state index is 0.361. The van der Waals surface area contributed by atoms with Crippen molar-refractivity contribution in [2.45, 2.75) is 39.9 Å². The fourth-order valence-corrected chi connectivity index (χ4v) is 3.33. The lowest BCUT2D eigenvalue weighted by Crippen LogP contribution is -2.34. The maximum Gasteiger partial charge on any atom is 0.178 e. The first-order valence-electron chi connectivity index (χ1n) is 7.53.